The summed E-state index contributed by atoms with van der Waals surface area (Å²) >= 11 is 9.23. The van der Waals surface area contributed by atoms with Crippen LogP contribution in [0.2, 0.25) is 5.15 Å². The fraction of sp³-hybridized carbons (Fsp3) is 0.545. The largest absolute Gasteiger partial charge is 0.495 e. The van der Waals surface area contributed by atoms with E-state index in [1.165, 1.54) is 0 Å². The second-order valence-electron chi connectivity index (χ2n) is 5.13. The molecule has 0 saturated carbocycles. The van der Waals surface area contributed by atoms with Gasteiger partial charge in [0.2, 0.25) is 0 Å². The maximum absolute atomic E-state index is 5.93. The monoisotopic (exact) mass is 317 g/mol. The first kappa shape index (κ1) is 13.3. The standard InChI is InChI=1S/C11H14BBrClNO2/c1-10(2)11(3,4)17-12(16-10)7-5-8(13)15-9(14)6-7/h5-6H,1-4H3. The highest BCUT2D eigenvalue weighted by Gasteiger charge is 2.51. The minimum atomic E-state index is -0.406. The average molecular weight is 318 g/mol. The molecule has 1 fully saturated rings. The van der Waals surface area contributed by atoms with E-state index in [1.54, 1.807) is 6.07 Å². The topological polar surface area (TPSA) is 31.4 Å². The molecule has 92 valence electrons. The molecule has 2 rings (SSSR count). The van der Waals surface area contributed by atoms with Crippen LogP contribution in [0.1, 0.15) is 27.7 Å². The minimum absolute atomic E-state index is 0.347. The number of aromatic nitrogens is 1. The quantitative estimate of drug-likeness (QED) is 0.589. The molecule has 1 aromatic heterocycles. The zero-order valence-electron chi connectivity index (χ0n) is 10.3. The summed E-state index contributed by atoms with van der Waals surface area (Å²) in [6.07, 6.45) is 0. The molecular formula is C11H14BBrClNO2. The summed E-state index contributed by atoms with van der Waals surface area (Å²) in [5.41, 5.74) is 0.176. The molecule has 17 heavy (non-hydrogen) atoms. The van der Waals surface area contributed by atoms with Crippen LogP contribution in [0.15, 0.2) is 16.7 Å². The van der Waals surface area contributed by atoms with Crippen LogP contribution < -0.4 is 5.46 Å². The highest BCUT2D eigenvalue weighted by molar-refractivity contribution is 9.10. The summed E-state index contributed by atoms with van der Waals surface area (Å²) in [6.45, 7) is 8.07. The van der Waals surface area contributed by atoms with Gasteiger partial charge in [-0.3, -0.25) is 0 Å². The lowest BCUT2D eigenvalue weighted by atomic mass is 9.80. The van der Waals surface area contributed by atoms with Crippen LogP contribution >= 0.6 is 27.5 Å². The van der Waals surface area contributed by atoms with E-state index in [1.807, 2.05) is 33.8 Å². The Morgan fingerprint density at radius 1 is 1.18 bits per heavy atom. The van der Waals surface area contributed by atoms with Crippen LogP contribution in [-0.2, 0) is 9.31 Å². The van der Waals surface area contributed by atoms with E-state index in [2.05, 4.69) is 20.9 Å². The van der Waals surface area contributed by atoms with Gasteiger partial charge < -0.3 is 9.31 Å². The average Bonchev–Trinajstić information content (AvgIpc) is 2.34. The zero-order chi connectivity index (χ0) is 12.8. The summed E-state index contributed by atoms with van der Waals surface area (Å²) in [7, 11) is -0.406. The van der Waals surface area contributed by atoms with E-state index in [4.69, 9.17) is 20.9 Å². The molecule has 0 radical (unpaired) electrons. The van der Waals surface area contributed by atoms with Crippen LogP contribution in [0.5, 0.6) is 0 Å². The van der Waals surface area contributed by atoms with Crippen molar-refractivity contribution in [3.63, 3.8) is 0 Å². The zero-order valence-corrected chi connectivity index (χ0v) is 12.6. The van der Waals surface area contributed by atoms with Crippen LogP contribution in [0.3, 0.4) is 0 Å². The smallest absolute Gasteiger partial charge is 0.399 e. The molecule has 1 aromatic rings. The van der Waals surface area contributed by atoms with Crippen molar-refractivity contribution >= 4 is 40.1 Å². The number of pyridine rings is 1. The summed E-state index contributed by atoms with van der Waals surface area (Å²) in [6, 6.07) is 3.61. The molecule has 0 atom stereocenters. The molecule has 0 amide bonds. The van der Waals surface area contributed by atoms with E-state index < -0.39 is 7.12 Å². The highest BCUT2D eigenvalue weighted by atomic mass is 79.9. The van der Waals surface area contributed by atoms with Gasteiger partial charge >= 0.3 is 7.12 Å². The van der Waals surface area contributed by atoms with Gasteiger partial charge in [0.1, 0.15) is 9.76 Å². The van der Waals surface area contributed by atoms with E-state index in [0.717, 1.165) is 5.46 Å². The maximum atomic E-state index is 5.93. The Kier molecular flexibility index (Phi) is 3.32. The van der Waals surface area contributed by atoms with Gasteiger partial charge in [-0.15, -0.1) is 0 Å². The Morgan fingerprint density at radius 2 is 1.71 bits per heavy atom. The van der Waals surface area contributed by atoms with Crippen LogP contribution in [-0.4, -0.2) is 23.3 Å². The Bertz CT molecular complexity index is 417. The number of halogens is 2. The molecule has 2 heterocycles. The van der Waals surface area contributed by atoms with Gasteiger partial charge in [-0.05, 0) is 61.2 Å². The van der Waals surface area contributed by atoms with Gasteiger partial charge in [-0.1, -0.05) is 11.6 Å². The van der Waals surface area contributed by atoms with E-state index in [0.29, 0.717) is 9.76 Å². The van der Waals surface area contributed by atoms with Gasteiger partial charge in [0, 0.05) is 0 Å². The van der Waals surface area contributed by atoms with E-state index >= 15 is 0 Å². The molecule has 0 bridgehead atoms. The Hall–Kier alpha value is -0.0951. The predicted molar refractivity (Wildman–Crippen MR) is 72.7 cm³/mol. The summed E-state index contributed by atoms with van der Waals surface area (Å²) in [5.74, 6) is 0. The van der Waals surface area contributed by atoms with Crippen molar-refractivity contribution in [2.45, 2.75) is 38.9 Å². The van der Waals surface area contributed by atoms with Crippen molar-refractivity contribution in [2.24, 2.45) is 0 Å². The first-order valence-corrected chi connectivity index (χ1v) is 6.57. The number of rotatable bonds is 1. The minimum Gasteiger partial charge on any atom is -0.399 e. The number of nitrogens with zero attached hydrogens (tertiary/aromatic N) is 1. The van der Waals surface area contributed by atoms with Gasteiger partial charge in [0.05, 0.1) is 11.2 Å². The van der Waals surface area contributed by atoms with Crippen molar-refractivity contribution in [3.05, 3.63) is 21.9 Å². The lowest BCUT2D eigenvalue weighted by Crippen LogP contribution is -2.41. The third-order valence-corrected chi connectivity index (χ3v) is 3.91. The third-order valence-electron chi connectivity index (χ3n) is 3.31. The third kappa shape index (κ3) is 2.52. The Morgan fingerprint density at radius 3 is 2.18 bits per heavy atom. The predicted octanol–water partition coefficient (Wildman–Crippen LogP) is 2.80. The fourth-order valence-corrected chi connectivity index (χ4v) is 2.37. The van der Waals surface area contributed by atoms with Gasteiger partial charge in [0.15, 0.2) is 0 Å². The van der Waals surface area contributed by atoms with Gasteiger partial charge in [-0.25, -0.2) is 4.98 Å². The normalized spacial score (nSPS) is 21.9. The summed E-state index contributed by atoms with van der Waals surface area (Å²) in [5, 5.41) is 0.420. The summed E-state index contributed by atoms with van der Waals surface area (Å²) in [4.78, 5) is 4.05. The lowest BCUT2D eigenvalue weighted by molar-refractivity contribution is 0.00578. The van der Waals surface area contributed by atoms with Crippen molar-refractivity contribution in [1.82, 2.24) is 4.98 Å². The molecular weight excluding hydrogens is 304 g/mol. The molecule has 1 aliphatic rings. The molecule has 3 nitrogen and oxygen atoms in total. The second kappa shape index (κ2) is 4.23. The Balaban J connectivity index is 2.32. The van der Waals surface area contributed by atoms with Crippen molar-refractivity contribution in [2.75, 3.05) is 0 Å². The fourth-order valence-electron chi connectivity index (χ4n) is 1.60. The summed E-state index contributed by atoms with van der Waals surface area (Å²) < 4.78 is 12.5. The Labute approximate surface area is 115 Å². The first-order valence-electron chi connectivity index (χ1n) is 5.40. The number of hydrogen-bond donors (Lipinski definition) is 0. The first-order chi connectivity index (χ1) is 7.71. The van der Waals surface area contributed by atoms with Crippen LogP contribution in [0.4, 0.5) is 0 Å². The van der Waals surface area contributed by atoms with Crippen molar-refractivity contribution in [3.8, 4) is 0 Å². The molecule has 1 saturated heterocycles. The highest BCUT2D eigenvalue weighted by Crippen LogP contribution is 2.36. The van der Waals surface area contributed by atoms with E-state index in [-0.39, 0.29) is 11.2 Å². The molecule has 6 heteroatoms. The van der Waals surface area contributed by atoms with E-state index in [9.17, 15) is 0 Å². The van der Waals surface area contributed by atoms with Gasteiger partial charge in [-0.2, -0.15) is 0 Å². The van der Waals surface area contributed by atoms with Crippen molar-refractivity contribution in [1.29, 1.82) is 0 Å². The maximum Gasteiger partial charge on any atom is 0.495 e. The molecule has 1 aliphatic heterocycles. The van der Waals surface area contributed by atoms with Crippen molar-refractivity contribution < 1.29 is 9.31 Å². The van der Waals surface area contributed by atoms with Gasteiger partial charge in [0.25, 0.3) is 0 Å². The SMILES string of the molecule is CC1(C)OB(c2cc(Cl)nc(Br)c2)OC1(C)C. The molecule has 0 spiro atoms. The molecule has 0 unspecified atom stereocenters. The lowest BCUT2D eigenvalue weighted by Gasteiger charge is -2.32. The molecule has 0 aromatic carbocycles. The van der Waals surface area contributed by atoms with Crippen LogP contribution in [0, 0.1) is 0 Å². The van der Waals surface area contributed by atoms with Crippen LogP contribution in [0.25, 0.3) is 0 Å². The molecule has 0 N–H and O–H groups in total. The number of hydrogen-bond acceptors (Lipinski definition) is 3. The molecule has 0 aliphatic carbocycles. The second-order valence-corrected chi connectivity index (χ2v) is 6.33.